The number of pyridine rings is 1. The Morgan fingerprint density at radius 3 is 2.73 bits per heavy atom. The SMILES string of the molecule is CN1CCC2C3CCC(CN2c2nc(OCC45CCCN4CCC5)nc4c(F)c(-c5cc(O)cc6cccc(Cl)c56)nc1c24)N3. The molecule has 11 heteroatoms. The molecule has 2 N–H and O–H groups in total. The van der Waals surface area contributed by atoms with Crippen molar-refractivity contribution >= 4 is 44.9 Å². The van der Waals surface area contributed by atoms with Gasteiger partial charge in [0.05, 0.1) is 10.9 Å². The summed E-state index contributed by atoms with van der Waals surface area (Å²) in [5.41, 5.74) is 0.714. The summed E-state index contributed by atoms with van der Waals surface area (Å²) in [5.74, 6) is 0.760. The maximum absolute atomic E-state index is 17.2. The van der Waals surface area contributed by atoms with Gasteiger partial charge < -0.3 is 25.0 Å². The molecule has 2 bridgehead atoms. The van der Waals surface area contributed by atoms with Crippen LogP contribution in [0.25, 0.3) is 32.9 Å². The normalized spacial score (nSPS) is 25.4. The van der Waals surface area contributed by atoms with E-state index in [0.717, 1.165) is 71.1 Å². The minimum absolute atomic E-state index is 0.00512. The third kappa shape index (κ3) is 4.28. The molecule has 0 aliphatic carbocycles. The van der Waals surface area contributed by atoms with Crippen LogP contribution in [0.1, 0.15) is 44.9 Å². The van der Waals surface area contributed by atoms with Crippen LogP contribution in [0, 0.1) is 5.82 Å². The van der Waals surface area contributed by atoms with E-state index in [-0.39, 0.29) is 34.6 Å². The van der Waals surface area contributed by atoms with E-state index in [9.17, 15) is 5.11 Å². The Morgan fingerprint density at radius 1 is 1.04 bits per heavy atom. The molecular weight excluding hydrogens is 593 g/mol. The number of anilines is 2. The zero-order valence-electron chi connectivity index (χ0n) is 25.4. The molecular formula is C34H37ClFN7O2. The number of nitrogens with zero attached hydrogens (tertiary/aromatic N) is 6. The van der Waals surface area contributed by atoms with Gasteiger partial charge >= 0.3 is 6.01 Å². The van der Waals surface area contributed by atoms with Crippen LogP contribution in [0.15, 0.2) is 30.3 Å². The lowest BCUT2D eigenvalue weighted by molar-refractivity contribution is 0.108. The number of hydrogen-bond acceptors (Lipinski definition) is 9. The predicted molar refractivity (Wildman–Crippen MR) is 174 cm³/mol. The Kier molecular flexibility index (Phi) is 6.35. The lowest BCUT2D eigenvalue weighted by atomic mass is 9.95. The van der Waals surface area contributed by atoms with Crippen molar-refractivity contribution < 1.29 is 14.2 Å². The van der Waals surface area contributed by atoms with Gasteiger partial charge in [0.15, 0.2) is 5.82 Å². The molecule has 45 heavy (non-hydrogen) atoms. The van der Waals surface area contributed by atoms with Crippen molar-refractivity contribution in [2.75, 3.05) is 49.6 Å². The standard InChI is InChI=1S/C34H37ClFN7O2/c1-41-14-9-25-24-8-7-20(37-24)17-43(25)32-27-30(39-33(40-32)45-18-34-10-3-12-42(34)13-4-11-34)28(36)29(38-31(27)41)22-16-21(44)15-19-5-2-6-23(35)26(19)22/h2,5-6,15-16,20,24-25,37,44H,3-4,7-14,17-18H2,1H3. The van der Waals surface area contributed by atoms with Gasteiger partial charge in [0.2, 0.25) is 0 Å². The molecule has 9 nitrogen and oxygen atoms in total. The topological polar surface area (TPSA) is 89.9 Å². The van der Waals surface area contributed by atoms with Crippen LogP contribution in [0.3, 0.4) is 0 Å². The van der Waals surface area contributed by atoms with E-state index in [2.05, 4.69) is 20.0 Å². The third-order valence-electron chi connectivity index (χ3n) is 11.1. The lowest BCUT2D eigenvalue weighted by Gasteiger charge is -2.44. The van der Waals surface area contributed by atoms with E-state index >= 15 is 4.39 Å². The van der Waals surface area contributed by atoms with Gasteiger partial charge in [-0.3, -0.25) is 4.90 Å². The fourth-order valence-electron chi connectivity index (χ4n) is 8.98. The first-order valence-electron chi connectivity index (χ1n) is 16.3. The van der Waals surface area contributed by atoms with E-state index in [1.165, 1.54) is 0 Å². The Hall–Kier alpha value is -3.47. The number of phenolic OH excluding ortho intramolecular Hbond substituents is 1. The molecule has 2 aromatic carbocycles. The van der Waals surface area contributed by atoms with Crippen molar-refractivity contribution in [1.82, 2.24) is 25.2 Å². The highest BCUT2D eigenvalue weighted by Gasteiger charge is 2.46. The fraction of sp³-hybridized carbons (Fsp3) is 0.500. The highest BCUT2D eigenvalue weighted by Crippen LogP contribution is 2.45. The summed E-state index contributed by atoms with van der Waals surface area (Å²) in [6, 6.07) is 9.77. The first-order chi connectivity index (χ1) is 21.9. The molecule has 0 amide bonds. The highest BCUT2D eigenvalue weighted by molar-refractivity contribution is 6.36. The van der Waals surface area contributed by atoms with Crippen LogP contribution in [0.2, 0.25) is 5.02 Å². The molecule has 3 unspecified atom stereocenters. The number of ether oxygens (including phenoxy) is 1. The molecule has 0 spiro atoms. The zero-order valence-corrected chi connectivity index (χ0v) is 26.2. The number of aromatic nitrogens is 3. The van der Waals surface area contributed by atoms with Crippen molar-refractivity contribution in [3.8, 4) is 23.0 Å². The Bertz CT molecular complexity index is 1850. The first kappa shape index (κ1) is 27.8. The molecule has 9 rings (SSSR count). The smallest absolute Gasteiger partial charge is 0.319 e. The molecule has 5 aliphatic rings. The molecule has 0 radical (unpaired) electrons. The van der Waals surface area contributed by atoms with Gasteiger partial charge in [-0.2, -0.15) is 9.97 Å². The summed E-state index contributed by atoms with van der Waals surface area (Å²) in [7, 11) is 2.00. The van der Waals surface area contributed by atoms with Crippen molar-refractivity contribution in [2.24, 2.45) is 0 Å². The highest BCUT2D eigenvalue weighted by atomic mass is 35.5. The van der Waals surface area contributed by atoms with Gasteiger partial charge in [-0.25, -0.2) is 9.37 Å². The number of halogens is 2. The Morgan fingerprint density at radius 2 is 1.89 bits per heavy atom. The number of aromatic hydroxyl groups is 1. The number of benzene rings is 2. The molecule has 2 aromatic heterocycles. The number of phenols is 1. The summed E-state index contributed by atoms with van der Waals surface area (Å²) in [5, 5.41) is 16.9. The van der Waals surface area contributed by atoms with E-state index in [4.69, 9.17) is 31.3 Å². The number of rotatable bonds is 4. The van der Waals surface area contributed by atoms with Crippen LogP contribution in [0.5, 0.6) is 11.8 Å². The van der Waals surface area contributed by atoms with Crippen LogP contribution in [0.4, 0.5) is 16.0 Å². The predicted octanol–water partition coefficient (Wildman–Crippen LogP) is 5.50. The molecule has 234 valence electrons. The monoisotopic (exact) mass is 629 g/mol. The summed E-state index contributed by atoms with van der Waals surface area (Å²) in [6.07, 6.45) is 7.67. The van der Waals surface area contributed by atoms with Crippen LogP contribution < -0.4 is 19.9 Å². The van der Waals surface area contributed by atoms with Crippen molar-refractivity contribution in [2.45, 2.75) is 68.6 Å². The van der Waals surface area contributed by atoms with Gasteiger partial charge in [-0.1, -0.05) is 23.7 Å². The van der Waals surface area contributed by atoms with Crippen LogP contribution >= 0.6 is 11.6 Å². The molecule has 3 atom stereocenters. The van der Waals surface area contributed by atoms with Crippen molar-refractivity contribution in [3.63, 3.8) is 0 Å². The first-order valence-corrected chi connectivity index (χ1v) is 16.7. The van der Waals surface area contributed by atoms with Gasteiger partial charge in [0.1, 0.15) is 35.2 Å². The maximum Gasteiger partial charge on any atom is 0.319 e. The Labute approximate surface area is 266 Å². The van der Waals surface area contributed by atoms with Crippen LogP contribution in [-0.4, -0.2) is 88.5 Å². The summed E-state index contributed by atoms with van der Waals surface area (Å²) in [4.78, 5) is 21.9. The van der Waals surface area contributed by atoms with Crippen molar-refractivity contribution in [1.29, 1.82) is 0 Å². The molecule has 4 aromatic rings. The van der Waals surface area contributed by atoms with E-state index < -0.39 is 5.82 Å². The number of hydrogen-bond donors (Lipinski definition) is 2. The summed E-state index contributed by atoms with van der Waals surface area (Å²) in [6.45, 7) is 4.22. The second-order valence-corrected chi connectivity index (χ2v) is 14.1. The van der Waals surface area contributed by atoms with Crippen LogP contribution in [-0.2, 0) is 0 Å². The van der Waals surface area contributed by atoms with E-state index in [0.29, 0.717) is 57.1 Å². The number of piperazine rings is 1. The average Bonchev–Trinajstić information content (AvgIpc) is 3.73. The third-order valence-corrected chi connectivity index (χ3v) is 11.4. The molecule has 7 heterocycles. The number of fused-ring (bicyclic) bond motifs is 7. The largest absolute Gasteiger partial charge is 0.508 e. The van der Waals surface area contributed by atoms with Gasteiger partial charge in [0.25, 0.3) is 0 Å². The van der Waals surface area contributed by atoms with Gasteiger partial charge in [0, 0.05) is 54.2 Å². The second kappa shape index (κ2) is 10.3. The second-order valence-electron chi connectivity index (χ2n) is 13.7. The quantitative estimate of drug-likeness (QED) is 0.304. The Balaban J connectivity index is 1.27. The van der Waals surface area contributed by atoms with Gasteiger partial charge in [-0.15, -0.1) is 0 Å². The molecule has 5 aliphatic heterocycles. The lowest BCUT2D eigenvalue weighted by Crippen LogP contribution is -2.59. The van der Waals surface area contributed by atoms with E-state index in [1.54, 1.807) is 18.2 Å². The average molecular weight is 630 g/mol. The minimum atomic E-state index is -0.570. The van der Waals surface area contributed by atoms with Gasteiger partial charge in [-0.05, 0) is 81.6 Å². The maximum atomic E-state index is 17.2. The van der Waals surface area contributed by atoms with Crippen molar-refractivity contribution in [3.05, 3.63) is 41.2 Å². The summed E-state index contributed by atoms with van der Waals surface area (Å²) < 4.78 is 23.7. The number of nitrogens with one attached hydrogen (secondary N) is 1. The summed E-state index contributed by atoms with van der Waals surface area (Å²) >= 11 is 6.70. The van der Waals surface area contributed by atoms with E-state index in [1.807, 2.05) is 19.2 Å². The fourth-order valence-corrected chi connectivity index (χ4v) is 9.26. The minimum Gasteiger partial charge on any atom is -0.508 e. The molecule has 4 fully saturated rings. The molecule has 0 saturated carbocycles. The molecule has 4 saturated heterocycles. The zero-order chi connectivity index (χ0) is 30.4.